The van der Waals surface area contributed by atoms with Gasteiger partial charge in [0.2, 0.25) is 5.91 Å². The van der Waals surface area contributed by atoms with Gasteiger partial charge in [-0.15, -0.1) is 0 Å². The molecule has 0 heterocycles. The highest BCUT2D eigenvalue weighted by molar-refractivity contribution is 5.76. The molecule has 1 saturated carbocycles. The zero-order chi connectivity index (χ0) is 14.3. The summed E-state index contributed by atoms with van der Waals surface area (Å²) in [5.41, 5.74) is 4.77. The van der Waals surface area contributed by atoms with Crippen molar-refractivity contribution in [3.05, 3.63) is 0 Å². The van der Waals surface area contributed by atoms with E-state index in [0.29, 0.717) is 18.5 Å². The number of carbonyl (C=O) groups excluding carboxylic acids is 2. The van der Waals surface area contributed by atoms with Crippen molar-refractivity contribution in [2.45, 2.75) is 45.6 Å². The SMILES string of the molecule is CC(C)CNC1CCC(C=O)(CNCC(N)=O)CC1. The molecule has 1 aliphatic rings. The Labute approximate surface area is 115 Å². The Bertz CT molecular complexity index is 297. The lowest BCUT2D eigenvalue weighted by molar-refractivity contribution is -0.120. The molecule has 0 atom stereocenters. The molecular weight excluding hydrogens is 242 g/mol. The Morgan fingerprint density at radius 2 is 2.05 bits per heavy atom. The lowest BCUT2D eigenvalue weighted by atomic mass is 9.73. The number of nitrogens with two attached hydrogens (primary N) is 1. The highest BCUT2D eigenvalue weighted by atomic mass is 16.1. The van der Waals surface area contributed by atoms with E-state index in [1.54, 1.807) is 0 Å². The van der Waals surface area contributed by atoms with Gasteiger partial charge in [-0.2, -0.15) is 0 Å². The van der Waals surface area contributed by atoms with Gasteiger partial charge in [-0.1, -0.05) is 13.8 Å². The summed E-state index contributed by atoms with van der Waals surface area (Å²) in [4.78, 5) is 22.0. The van der Waals surface area contributed by atoms with Crippen LogP contribution in [0.25, 0.3) is 0 Å². The maximum Gasteiger partial charge on any atom is 0.231 e. The molecule has 0 aliphatic heterocycles. The fraction of sp³-hybridized carbons (Fsp3) is 0.857. The second-order valence-electron chi connectivity index (χ2n) is 6.13. The van der Waals surface area contributed by atoms with Gasteiger partial charge < -0.3 is 21.2 Å². The molecule has 1 fully saturated rings. The van der Waals surface area contributed by atoms with Crippen LogP contribution in [0, 0.1) is 11.3 Å². The van der Waals surface area contributed by atoms with E-state index in [4.69, 9.17) is 5.73 Å². The standard InChI is InChI=1S/C14H27N3O2/c1-11(2)7-17-12-3-5-14(10-18,6-4-12)9-16-8-13(15)19/h10-12,16-17H,3-9H2,1-2H3,(H2,15,19). The van der Waals surface area contributed by atoms with Crippen LogP contribution in [0.4, 0.5) is 0 Å². The monoisotopic (exact) mass is 269 g/mol. The Morgan fingerprint density at radius 1 is 1.42 bits per heavy atom. The van der Waals surface area contributed by atoms with Crippen LogP contribution in [0.2, 0.25) is 0 Å². The summed E-state index contributed by atoms with van der Waals surface area (Å²) in [6, 6.07) is 0.520. The summed E-state index contributed by atoms with van der Waals surface area (Å²) in [7, 11) is 0. The number of hydrogen-bond donors (Lipinski definition) is 3. The number of primary amides is 1. The molecule has 110 valence electrons. The molecule has 0 aromatic rings. The zero-order valence-electron chi connectivity index (χ0n) is 12.1. The molecule has 1 aliphatic carbocycles. The van der Waals surface area contributed by atoms with E-state index in [1.165, 1.54) is 0 Å². The van der Waals surface area contributed by atoms with Gasteiger partial charge in [0, 0.05) is 18.0 Å². The molecule has 0 unspecified atom stereocenters. The summed E-state index contributed by atoms with van der Waals surface area (Å²) >= 11 is 0. The van der Waals surface area contributed by atoms with Crippen molar-refractivity contribution in [3.63, 3.8) is 0 Å². The fourth-order valence-electron chi connectivity index (χ4n) is 2.57. The number of amides is 1. The number of carbonyl (C=O) groups is 2. The van der Waals surface area contributed by atoms with Crippen LogP contribution >= 0.6 is 0 Å². The molecule has 19 heavy (non-hydrogen) atoms. The first-order chi connectivity index (χ1) is 8.97. The van der Waals surface area contributed by atoms with Crippen LogP contribution in [0.1, 0.15) is 39.5 Å². The van der Waals surface area contributed by atoms with E-state index < -0.39 is 0 Å². The number of hydrogen-bond acceptors (Lipinski definition) is 4. The van der Waals surface area contributed by atoms with Crippen molar-refractivity contribution in [1.82, 2.24) is 10.6 Å². The molecule has 0 spiro atoms. The van der Waals surface area contributed by atoms with Gasteiger partial charge in [0.05, 0.1) is 6.54 Å². The van der Waals surface area contributed by atoms with Crippen molar-refractivity contribution >= 4 is 12.2 Å². The smallest absolute Gasteiger partial charge is 0.231 e. The molecule has 0 bridgehead atoms. The molecule has 0 aromatic carbocycles. The number of nitrogens with one attached hydrogen (secondary N) is 2. The summed E-state index contributed by atoms with van der Waals surface area (Å²) in [5.74, 6) is 0.267. The van der Waals surface area contributed by atoms with Crippen molar-refractivity contribution in [2.24, 2.45) is 17.1 Å². The molecule has 0 saturated heterocycles. The third kappa shape index (κ3) is 5.70. The van der Waals surface area contributed by atoms with Gasteiger partial charge in [-0.3, -0.25) is 4.79 Å². The van der Waals surface area contributed by atoms with Crippen LogP contribution in [0.5, 0.6) is 0 Å². The topological polar surface area (TPSA) is 84.2 Å². The summed E-state index contributed by atoms with van der Waals surface area (Å²) in [5, 5.41) is 6.53. The minimum atomic E-state index is -0.381. The predicted octanol–water partition coefficient (Wildman–Crippen LogP) is 0.435. The first kappa shape index (κ1) is 16.1. The molecule has 1 amide bonds. The van der Waals surface area contributed by atoms with E-state index in [-0.39, 0.29) is 17.9 Å². The molecule has 0 radical (unpaired) electrons. The number of aldehydes is 1. The minimum Gasteiger partial charge on any atom is -0.369 e. The quantitative estimate of drug-likeness (QED) is 0.558. The normalized spacial score (nSPS) is 27.4. The molecular formula is C14H27N3O2. The second-order valence-corrected chi connectivity index (χ2v) is 6.13. The van der Waals surface area contributed by atoms with Gasteiger partial charge in [0.1, 0.15) is 6.29 Å². The fourth-order valence-corrected chi connectivity index (χ4v) is 2.57. The highest BCUT2D eigenvalue weighted by Crippen LogP contribution is 2.34. The third-order valence-corrected chi connectivity index (χ3v) is 3.82. The first-order valence-electron chi connectivity index (χ1n) is 7.16. The highest BCUT2D eigenvalue weighted by Gasteiger charge is 2.34. The average molecular weight is 269 g/mol. The molecule has 1 rings (SSSR count). The maximum atomic E-state index is 11.4. The molecule has 0 aromatic heterocycles. The molecule has 5 heteroatoms. The van der Waals surface area contributed by atoms with Gasteiger partial charge in [-0.05, 0) is 38.1 Å². The van der Waals surface area contributed by atoms with Crippen molar-refractivity contribution < 1.29 is 9.59 Å². The van der Waals surface area contributed by atoms with E-state index in [0.717, 1.165) is 38.5 Å². The third-order valence-electron chi connectivity index (χ3n) is 3.82. The van der Waals surface area contributed by atoms with Crippen LogP contribution < -0.4 is 16.4 Å². The summed E-state index contributed by atoms with van der Waals surface area (Å²) in [6.45, 7) is 6.11. The van der Waals surface area contributed by atoms with E-state index in [9.17, 15) is 9.59 Å². The second kappa shape index (κ2) is 7.60. The first-order valence-corrected chi connectivity index (χ1v) is 7.16. The van der Waals surface area contributed by atoms with Crippen molar-refractivity contribution in [3.8, 4) is 0 Å². The van der Waals surface area contributed by atoms with Gasteiger partial charge in [0.25, 0.3) is 0 Å². The maximum absolute atomic E-state index is 11.4. The van der Waals surface area contributed by atoms with Crippen LogP contribution in [0.3, 0.4) is 0 Å². The van der Waals surface area contributed by atoms with E-state index >= 15 is 0 Å². The van der Waals surface area contributed by atoms with Crippen molar-refractivity contribution in [1.29, 1.82) is 0 Å². The average Bonchev–Trinajstić information content (AvgIpc) is 2.37. The van der Waals surface area contributed by atoms with Crippen LogP contribution in [-0.4, -0.2) is 37.9 Å². The Kier molecular flexibility index (Phi) is 6.45. The van der Waals surface area contributed by atoms with Crippen LogP contribution in [0.15, 0.2) is 0 Å². The Hall–Kier alpha value is -0.940. The molecule has 5 nitrogen and oxygen atoms in total. The van der Waals surface area contributed by atoms with Crippen LogP contribution in [-0.2, 0) is 9.59 Å². The van der Waals surface area contributed by atoms with Gasteiger partial charge in [0.15, 0.2) is 0 Å². The summed E-state index contributed by atoms with van der Waals surface area (Å²) < 4.78 is 0. The van der Waals surface area contributed by atoms with E-state index in [1.807, 2.05) is 0 Å². The number of rotatable bonds is 8. The van der Waals surface area contributed by atoms with Crippen molar-refractivity contribution in [2.75, 3.05) is 19.6 Å². The lowest BCUT2D eigenvalue weighted by Gasteiger charge is -2.36. The van der Waals surface area contributed by atoms with Gasteiger partial charge >= 0.3 is 0 Å². The van der Waals surface area contributed by atoms with Gasteiger partial charge in [-0.25, -0.2) is 0 Å². The minimum absolute atomic E-state index is 0.143. The summed E-state index contributed by atoms with van der Waals surface area (Å²) in [6.07, 6.45) is 4.84. The predicted molar refractivity (Wildman–Crippen MR) is 75.7 cm³/mol. The zero-order valence-corrected chi connectivity index (χ0v) is 12.1. The lowest BCUT2D eigenvalue weighted by Crippen LogP contribution is -2.45. The van der Waals surface area contributed by atoms with E-state index in [2.05, 4.69) is 24.5 Å². The Balaban J connectivity index is 2.34. The largest absolute Gasteiger partial charge is 0.369 e. The Morgan fingerprint density at radius 3 is 2.53 bits per heavy atom. The molecule has 4 N–H and O–H groups in total.